The number of amides is 4. The number of aromatic nitrogens is 1. The number of nitrogens with two attached hydrogens (primary N) is 1. The second kappa shape index (κ2) is 9.98. The first-order chi connectivity index (χ1) is 15.7. The quantitative estimate of drug-likeness (QED) is 0.107. The molecule has 6 N–H and O–H groups in total. The number of β-lactam (4-membered cyclic amide) rings is 1. The van der Waals surface area contributed by atoms with Crippen LogP contribution in [0.25, 0.3) is 0 Å². The number of carbonyl (C=O) groups is 4. The Balaban J connectivity index is 2.19. The van der Waals surface area contributed by atoms with Gasteiger partial charge in [0.1, 0.15) is 18.2 Å². The number of anilines is 1. The van der Waals surface area contributed by atoms with Gasteiger partial charge in [0.05, 0.1) is 12.1 Å². The topological polar surface area (TPSA) is 246 Å². The average molecular weight is 517 g/mol. The molecule has 1 saturated heterocycles. The fourth-order valence-corrected chi connectivity index (χ4v) is 3.94. The monoisotopic (exact) mass is 516 g/mol. The molecule has 16 nitrogen and oxygen atoms in total. The average Bonchev–Trinajstić information content (AvgIpc) is 3.15. The zero-order valence-corrected chi connectivity index (χ0v) is 19.6. The maximum atomic E-state index is 12.8. The van der Waals surface area contributed by atoms with Gasteiger partial charge in [0.15, 0.2) is 10.8 Å². The number of nitrogens with one attached hydrogen (secondary N) is 3. The molecule has 1 fully saturated rings. The number of carbonyl (C=O) groups excluding carboxylic acids is 4. The standard InChI is InChI=1S/C16H20N8O8S2/c1-7-10(13(27)24(7)34(29,30)31)20-12(26)11(8-6-33-15(18)19-8)23-32-16(2,3)14(28)22-21-9(25)4-5-17/h6-7,10H,4H2,1-3H3,(H2,18,19)(H,20,26)(H,21,25)(H,22,28)(H,29,30,31)/t7-,10-/m0/s1. The maximum Gasteiger partial charge on any atom is 0.362 e. The van der Waals surface area contributed by atoms with E-state index in [1.807, 2.05) is 10.9 Å². The Labute approximate surface area is 197 Å². The molecule has 1 aliphatic heterocycles. The minimum Gasteiger partial charge on any atom is -0.379 e. The summed E-state index contributed by atoms with van der Waals surface area (Å²) in [5.74, 6) is -3.74. The van der Waals surface area contributed by atoms with Crippen molar-refractivity contribution >= 4 is 56.1 Å². The lowest BCUT2D eigenvalue weighted by molar-refractivity contribution is -0.145. The van der Waals surface area contributed by atoms with E-state index in [1.165, 1.54) is 26.2 Å². The molecule has 1 aliphatic rings. The van der Waals surface area contributed by atoms with E-state index < -0.39 is 63.8 Å². The Morgan fingerprint density at radius 3 is 2.56 bits per heavy atom. The fourth-order valence-electron chi connectivity index (χ4n) is 2.51. The van der Waals surface area contributed by atoms with Crippen LogP contribution in [0.4, 0.5) is 5.13 Å². The van der Waals surface area contributed by atoms with Gasteiger partial charge in [-0.3, -0.25) is 34.6 Å². The van der Waals surface area contributed by atoms with Crippen LogP contribution < -0.4 is 21.9 Å². The summed E-state index contributed by atoms with van der Waals surface area (Å²) in [4.78, 5) is 57.6. The summed E-state index contributed by atoms with van der Waals surface area (Å²) in [5, 5.41) is 15.8. The number of oxime groups is 1. The second-order valence-electron chi connectivity index (χ2n) is 7.25. The van der Waals surface area contributed by atoms with Gasteiger partial charge in [-0.05, 0) is 20.8 Å². The lowest BCUT2D eigenvalue weighted by Crippen LogP contribution is -2.71. The molecule has 0 aromatic carbocycles. The summed E-state index contributed by atoms with van der Waals surface area (Å²) in [6.07, 6.45) is -0.497. The molecule has 0 bridgehead atoms. The third-order valence-corrected chi connectivity index (χ3v) is 6.00. The summed E-state index contributed by atoms with van der Waals surface area (Å²) < 4.78 is 31.7. The van der Waals surface area contributed by atoms with E-state index in [4.69, 9.17) is 20.4 Å². The van der Waals surface area contributed by atoms with Crippen LogP contribution in [-0.2, 0) is 34.3 Å². The highest BCUT2D eigenvalue weighted by atomic mass is 32.2. The molecule has 4 amide bonds. The number of thiazole rings is 1. The van der Waals surface area contributed by atoms with Gasteiger partial charge < -0.3 is 15.9 Å². The number of nitrogen functional groups attached to an aromatic ring is 1. The zero-order chi connectivity index (χ0) is 25.8. The predicted molar refractivity (Wildman–Crippen MR) is 115 cm³/mol. The zero-order valence-electron chi connectivity index (χ0n) is 17.9. The molecular weight excluding hydrogens is 496 g/mol. The van der Waals surface area contributed by atoms with Crippen molar-refractivity contribution in [2.24, 2.45) is 5.16 Å². The molecule has 1 aromatic heterocycles. The molecule has 0 spiro atoms. The third-order valence-electron chi connectivity index (χ3n) is 4.32. The van der Waals surface area contributed by atoms with Crippen molar-refractivity contribution in [2.75, 3.05) is 5.73 Å². The fraction of sp³-hybridized carbons (Fsp3) is 0.438. The summed E-state index contributed by atoms with van der Waals surface area (Å²) in [7, 11) is -4.80. The lowest BCUT2D eigenvalue weighted by atomic mass is 10.0. The molecule has 0 unspecified atom stereocenters. The van der Waals surface area contributed by atoms with Crippen molar-refractivity contribution in [3.05, 3.63) is 11.1 Å². The highest BCUT2D eigenvalue weighted by Gasteiger charge is 2.51. The van der Waals surface area contributed by atoms with E-state index >= 15 is 0 Å². The van der Waals surface area contributed by atoms with Crippen molar-refractivity contribution in [3.8, 4) is 6.07 Å². The first-order valence-electron chi connectivity index (χ1n) is 9.24. The van der Waals surface area contributed by atoms with Gasteiger partial charge in [0.2, 0.25) is 5.60 Å². The molecule has 0 saturated carbocycles. The van der Waals surface area contributed by atoms with Gasteiger partial charge in [-0.15, -0.1) is 11.3 Å². The minimum atomic E-state index is -4.80. The molecule has 0 aliphatic carbocycles. The van der Waals surface area contributed by atoms with E-state index in [2.05, 4.69) is 15.5 Å². The van der Waals surface area contributed by atoms with Crippen LogP contribution in [0.2, 0.25) is 0 Å². The van der Waals surface area contributed by atoms with Gasteiger partial charge in [-0.1, -0.05) is 5.16 Å². The van der Waals surface area contributed by atoms with E-state index in [9.17, 15) is 27.6 Å². The molecule has 1 aromatic rings. The highest BCUT2D eigenvalue weighted by molar-refractivity contribution is 7.84. The molecule has 2 heterocycles. The van der Waals surface area contributed by atoms with Gasteiger partial charge in [0, 0.05) is 5.38 Å². The normalized spacial score (nSPS) is 18.4. The van der Waals surface area contributed by atoms with Crippen LogP contribution in [0.3, 0.4) is 0 Å². The first kappa shape index (κ1) is 26.4. The largest absolute Gasteiger partial charge is 0.379 e. The number of hydrogen-bond donors (Lipinski definition) is 5. The Bertz CT molecular complexity index is 1190. The van der Waals surface area contributed by atoms with Gasteiger partial charge >= 0.3 is 10.3 Å². The molecular formula is C16H20N8O8S2. The lowest BCUT2D eigenvalue weighted by Gasteiger charge is -2.42. The summed E-state index contributed by atoms with van der Waals surface area (Å²) >= 11 is 0.959. The smallest absolute Gasteiger partial charge is 0.362 e. The highest BCUT2D eigenvalue weighted by Crippen LogP contribution is 2.23. The Morgan fingerprint density at radius 2 is 2.06 bits per heavy atom. The molecule has 18 heteroatoms. The van der Waals surface area contributed by atoms with E-state index in [0.717, 1.165) is 11.3 Å². The van der Waals surface area contributed by atoms with Gasteiger partial charge in [-0.25, -0.2) is 9.29 Å². The Hall–Kier alpha value is -3.82. The second-order valence-corrected chi connectivity index (χ2v) is 9.43. The number of rotatable bonds is 8. The van der Waals surface area contributed by atoms with Crippen LogP contribution in [0.1, 0.15) is 32.9 Å². The van der Waals surface area contributed by atoms with Crippen LogP contribution >= 0.6 is 11.3 Å². The predicted octanol–water partition coefficient (Wildman–Crippen LogP) is -2.20. The maximum absolute atomic E-state index is 12.8. The molecule has 184 valence electrons. The molecule has 2 atom stereocenters. The summed E-state index contributed by atoms with van der Waals surface area (Å²) in [6.45, 7) is 3.80. The van der Waals surface area contributed by atoms with E-state index in [1.54, 1.807) is 6.07 Å². The van der Waals surface area contributed by atoms with Crippen LogP contribution in [0, 0.1) is 11.3 Å². The number of hydrogen-bond acceptors (Lipinski definition) is 12. The SMILES string of the molecule is C[C@H]1[C@H](NC(=O)C(=NOC(C)(C)C(=O)NNC(=O)CC#N)c2csc(N)n2)C(=O)N1S(=O)(=O)O. The number of hydrazine groups is 1. The first-order valence-corrected chi connectivity index (χ1v) is 11.5. The van der Waals surface area contributed by atoms with Crippen LogP contribution in [-0.4, -0.2) is 69.3 Å². The number of nitriles is 1. The van der Waals surface area contributed by atoms with Gasteiger partial charge in [0.25, 0.3) is 23.6 Å². The van der Waals surface area contributed by atoms with E-state index in [0.29, 0.717) is 0 Å². The third kappa shape index (κ3) is 5.94. The van der Waals surface area contributed by atoms with Crippen molar-refractivity contribution in [3.63, 3.8) is 0 Å². The molecule has 0 radical (unpaired) electrons. The van der Waals surface area contributed by atoms with Gasteiger partial charge in [-0.2, -0.15) is 13.7 Å². The number of nitrogens with zero attached hydrogens (tertiary/aromatic N) is 4. The van der Waals surface area contributed by atoms with Crippen molar-refractivity contribution < 1.29 is 37.0 Å². The van der Waals surface area contributed by atoms with E-state index in [-0.39, 0.29) is 15.1 Å². The van der Waals surface area contributed by atoms with Crippen molar-refractivity contribution in [1.82, 2.24) is 25.5 Å². The molecule has 34 heavy (non-hydrogen) atoms. The van der Waals surface area contributed by atoms with Crippen LogP contribution in [0.5, 0.6) is 0 Å². The van der Waals surface area contributed by atoms with Crippen molar-refractivity contribution in [1.29, 1.82) is 5.26 Å². The summed E-state index contributed by atoms with van der Waals surface area (Å²) in [5.41, 5.74) is 7.32. The minimum absolute atomic E-state index is 0.0652. The van der Waals surface area contributed by atoms with Crippen LogP contribution in [0.15, 0.2) is 10.5 Å². The summed E-state index contributed by atoms with van der Waals surface area (Å²) in [6, 6.07) is -0.799. The van der Waals surface area contributed by atoms with Crippen molar-refractivity contribution in [2.45, 2.75) is 44.9 Å². The molecule has 2 rings (SSSR count). The Kier molecular flexibility index (Phi) is 7.76. The Morgan fingerprint density at radius 1 is 1.41 bits per heavy atom.